The zero-order chi connectivity index (χ0) is 8.20. The Bertz CT molecular complexity index is 84.1. The molecule has 62 valence electrons. The van der Waals surface area contributed by atoms with Gasteiger partial charge < -0.3 is 0 Å². The predicted molar refractivity (Wildman–Crippen MR) is 38.4 cm³/mol. The van der Waals surface area contributed by atoms with Crippen LogP contribution in [-0.2, 0) is 0 Å². The van der Waals surface area contributed by atoms with E-state index >= 15 is 0 Å². The highest BCUT2D eigenvalue weighted by Gasteiger charge is 2.23. The number of hydrogen-bond acceptors (Lipinski definition) is 1. The molecule has 0 aliphatic carbocycles. The highest BCUT2D eigenvalue weighted by Crippen LogP contribution is 2.12. The van der Waals surface area contributed by atoms with E-state index < -0.39 is 5.92 Å². The second-order valence-electron chi connectivity index (χ2n) is 2.53. The van der Waals surface area contributed by atoms with Gasteiger partial charge in [-0.3, -0.25) is 4.90 Å². The predicted octanol–water partition coefficient (Wildman–Crippen LogP) is 1.98. The fourth-order valence-corrected chi connectivity index (χ4v) is 0.840. The second kappa shape index (κ2) is 3.86. The van der Waals surface area contributed by atoms with Crippen LogP contribution in [0.5, 0.6) is 0 Å². The lowest BCUT2D eigenvalue weighted by atomic mass is 10.3. The first kappa shape index (κ1) is 9.82. The van der Waals surface area contributed by atoms with Crippen LogP contribution < -0.4 is 0 Å². The van der Waals surface area contributed by atoms with Gasteiger partial charge in [-0.15, -0.1) is 0 Å². The van der Waals surface area contributed by atoms with Crippen molar-refractivity contribution in [3.8, 4) is 0 Å². The monoisotopic (exact) mass is 151 g/mol. The Kier molecular flexibility index (Phi) is 3.79. The summed E-state index contributed by atoms with van der Waals surface area (Å²) in [5.41, 5.74) is 0. The Hall–Kier alpha value is -0.180. The van der Waals surface area contributed by atoms with Crippen LogP contribution in [0.1, 0.15) is 20.8 Å². The van der Waals surface area contributed by atoms with Crippen LogP contribution in [-0.4, -0.2) is 30.5 Å². The molecule has 0 aromatic rings. The van der Waals surface area contributed by atoms with Crippen molar-refractivity contribution in [3.05, 3.63) is 0 Å². The molecule has 0 bridgehead atoms. The summed E-state index contributed by atoms with van der Waals surface area (Å²) in [6.07, 6.45) is 0. The molecule has 0 aromatic carbocycles. The number of halogens is 2. The molecule has 10 heavy (non-hydrogen) atoms. The normalized spacial score (nSPS) is 12.6. The summed E-state index contributed by atoms with van der Waals surface area (Å²) in [6, 6.07) is 0. The van der Waals surface area contributed by atoms with Crippen LogP contribution in [0, 0.1) is 0 Å². The lowest BCUT2D eigenvalue weighted by Gasteiger charge is -2.21. The van der Waals surface area contributed by atoms with E-state index in [4.69, 9.17) is 0 Å². The van der Waals surface area contributed by atoms with Crippen molar-refractivity contribution in [1.82, 2.24) is 4.90 Å². The fourth-order valence-electron chi connectivity index (χ4n) is 0.840. The van der Waals surface area contributed by atoms with Crippen LogP contribution >= 0.6 is 0 Å². The molecule has 0 rings (SSSR count). The van der Waals surface area contributed by atoms with Crippen LogP contribution in [0.25, 0.3) is 0 Å². The summed E-state index contributed by atoms with van der Waals surface area (Å²) in [5, 5.41) is 0. The first-order valence-corrected chi connectivity index (χ1v) is 3.59. The van der Waals surface area contributed by atoms with E-state index in [0.29, 0.717) is 13.1 Å². The summed E-state index contributed by atoms with van der Waals surface area (Å²) >= 11 is 0. The molecule has 0 atom stereocenters. The quantitative estimate of drug-likeness (QED) is 0.594. The first-order valence-electron chi connectivity index (χ1n) is 3.59. The van der Waals surface area contributed by atoms with Gasteiger partial charge in [0.2, 0.25) is 0 Å². The molecule has 0 amide bonds. The highest BCUT2D eigenvalue weighted by molar-refractivity contribution is 4.64. The van der Waals surface area contributed by atoms with E-state index in [-0.39, 0.29) is 6.54 Å². The molecule has 0 fully saturated rings. The molecule has 0 saturated carbocycles. The van der Waals surface area contributed by atoms with Gasteiger partial charge in [0, 0.05) is 6.92 Å². The van der Waals surface area contributed by atoms with Crippen LogP contribution in [0.15, 0.2) is 0 Å². The molecule has 1 nitrogen and oxygen atoms in total. The Morgan fingerprint density at radius 3 is 1.70 bits per heavy atom. The largest absolute Gasteiger partial charge is 0.298 e. The average Bonchev–Trinajstić information content (AvgIpc) is 1.81. The van der Waals surface area contributed by atoms with Gasteiger partial charge in [-0.1, -0.05) is 13.8 Å². The van der Waals surface area contributed by atoms with Crippen molar-refractivity contribution in [2.45, 2.75) is 26.7 Å². The second-order valence-corrected chi connectivity index (χ2v) is 2.53. The van der Waals surface area contributed by atoms with E-state index in [0.717, 1.165) is 6.92 Å². The van der Waals surface area contributed by atoms with Crippen LogP contribution in [0.3, 0.4) is 0 Å². The highest BCUT2D eigenvalue weighted by atomic mass is 19.3. The van der Waals surface area contributed by atoms with E-state index in [2.05, 4.69) is 0 Å². The number of nitrogens with zero attached hydrogens (tertiary/aromatic N) is 1. The fraction of sp³-hybridized carbons (Fsp3) is 1.00. The van der Waals surface area contributed by atoms with E-state index in [1.54, 1.807) is 4.90 Å². The van der Waals surface area contributed by atoms with Gasteiger partial charge in [0.15, 0.2) is 0 Å². The maximum absolute atomic E-state index is 12.3. The summed E-state index contributed by atoms with van der Waals surface area (Å²) in [4.78, 5) is 1.71. The van der Waals surface area contributed by atoms with Crippen molar-refractivity contribution < 1.29 is 8.78 Å². The summed E-state index contributed by atoms with van der Waals surface area (Å²) in [5.74, 6) is -2.55. The SMILES string of the molecule is CCN(CC)CC(C)(F)F. The minimum Gasteiger partial charge on any atom is -0.298 e. The number of alkyl halides is 2. The third kappa shape index (κ3) is 4.68. The molecule has 0 N–H and O–H groups in total. The Balaban J connectivity index is 3.63. The molecule has 0 aliphatic rings. The van der Waals surface area contributed by atoms with Gasteiger partial charge in [0.25, 0.3) is 5.92 Å². The third-order valence-corrected chi connectivity index (χ3v) is 1.40. The Morgan fingerprint density at radius 2 is 1.60 bits per heavy atom. The standard InChI is InChI=1S/C7H15F2N/c1-4-10(5-2)6-7(3,8)9/h4-6H2,1-3H3. The van der Waals surface area contributed by atoms with Crippen molar-refractivity contribution in [2.75, 3.05) is 19.6 Å². The van der Waals surface area contributed by atoms with E-state index in [1.807, 2.05) is 13.8 Å². The van der Waals surface area contributed by atoms with Gasteiger partial charge in [0.05, 0.1) is 6.54 Å². The van der Waals surface area contributed by atoms with Gasteiger partial charge in [-0.25, -0.2) is 8.78 Å². The molecule has 0 aliphatic heterocycles. The summed E-state index contributed by atoms with van der Waals surface area (Å²) in [7, 11) is 0. The molecule has 0 aromatic heterocycles. The van der Waals surface area contributed by atoms with Crippen molar-refractivity contribution in [1.29, 1.82) is 0 Å². The molecular weight excluding hydrogens is 136 g/mol. The number of hydrogen-bond donors (Lipinski definition) is 0. The average molecular weight is 151 g/mol. The minimum atomic E-state index is -2.55. The molecule has 0 saturated heterocycles. The lowest BCUT2D eigenvalue weighted by Crippen LogP contribution is -2.34. The number of rotatable bonds is 4. The molecule has 0 radical (unpaired) electrons. The van der Waals surface area contributed by atoms with E-state index in [1.165, 1.54) is 0 Å². The van der Waals surface area contributed by atoms with Gasteiger partial charge in [0.1, 0.15) is 0 Å². The van der Waals surface area contributed by atoms with Gasteiger partial charge >= 0.3 is 0 Å². The smallest absolute Gasteiger partial charge is 0.257 e. The first-order chi connectivity index (χ1) is 4.49. The van der Waals surface area contributed by atoms with Gasteiger partial charge in [-0.2, -0.15) is 0 Å². The third-order valence-electron chi connectivity index (χ3n) is 1.40. The minimum absolute atomic E-state index is 0.125. The maximum atomic E-state index is 12.3. The van der Waals surface area contributed by atoms with Crippen molar-refractivity contribution >= 4 is 0 Å². The molecule has 0 unspecified atom stereocenters. The molecule has 0 spiro atoms. The van der Waals surface area contributed by atoms with Crippen molar-refractivity contribution in [3.63, 3.8) is 0 Å². The molecule has 3 heteroatoms. The Labute approximate surface area is 61.0 Å². The maximum Gasteiger partial charge on any atom is 0.257 e. The van der Waals surface area contributed by atoms with Crippen LogP contribution in [0.2, 0.25) is 0 Å². The zero-order valence-electron chi connectivity index (χ0n) is 6.82. The topological polar surface area (TPSA) is 3.24 Å². The van der Waals surface area contributed by atoms with Crippen molar-refractivity contribution in [2.24, 2.45) is 0 Å². The van der Waals surface area contributed by atoms with Gasteiger partial charge in [-0.05, 0) is 13.1 Å². The summed E-state index contributed by atoms with van der Waals surface area (Å²) < 4.78 is 24.6. The Morgan fingerprint density at radius 1 is 1.20 bits per heavy atom. The van der Waals surface area contributed by atoms with Crippen LogP contribution in [0.4, 0.5) is 8.78 Å². The lowest BCUT2D eigenvalue weighted by molar-refractivity contribution is -0.0119. The zero-order valence-corrected chi connectivity index (χ0v) is 6.82. The van der Waals surface area contributed by atoms with E-state index in [9.17, 15) is 8.78 Å². The molecular formula is C7H15F2N. The summed E-state index contributed by atoms with van der Waals surface area (Å²) in [6.45, 7) is 5.98. The molecule has 0 heterocycles.